The van der Waals surface area contributed by atoms with Gasteiger partial charge in [0.15, 0.2) is 11.5 Å². The van der Waals surface area contributed by atoms with Crippen molar-refractivity contribution in [3.05, 3.63) is 89.0 Å². The average Bonchev–Trinajstić information content (AvgIpc) is 3.54. The minimum Gasteiger partial charge on any atom is -0.503 e. The molecule has 0 bridgehead atoms. The van der Waals surface area contributed by atoms with Gasteiger partial charge in [-0.05, 0) is 55.3 Å². The maximum atomic E-state index is 13.3. The summed E-state index contributed by atoms with van der Waals surface area (Å²) in [6, 6.07) is 13.1. The van der Waals surface area contributed by atoms with Gasteiger partial charge in [-0.25, -0.2) is 0 Å². The summed E-state index contributed by atoms with van der Waals surface area (Å²) in [6.45, 7) is 4.59. The Hall–Kier alpha value is -3.74. The number of Topliss-reactive ketones (excluding diaryl/α,β-unsaturated/α-hetero) is 1. The van der Waals surface area contributed by atoms with Crippen molar-refractivity contribution < 1.29 is 28.3 Å². The lowest BCUT2D eigenvalue weighted by molar-refractivity contribution is -0.130. The van der Waals surface area contributed by atoms with Gasteiger partial charge in [-0.3, -0.25) is 9.59 Å². The SMILES string of the molecule is CCCCCOc1ccc(C2C(C(=O)c3ccc(C)o3)=C(O)C(=O)N2Cc2ccco2)cc1. The first-order valence-corrected chi connectivity index (χ1v) is 11.1. The summed E-state index contributed by atoms with van der Waals surface area (Å²) in [7, 11) is 0. The van der Waals surface area contributed by atoms with Crippen molar-refractivity contribution in [1.82, 2.24) is 4.90 Å². The van der Waals surface area contributed by atoms with Crippen LogP contribution in [0.3, 0.4) is 0 Å². The van der Waals surface area contributed by atoms with Gasteiger partial charge in [0.2, 0.25) is 5.78 Å². The number of carbonyl (C=O) groups excluding carboxylic acids is 2. The number of nitrogens with zero attached hydrogens (tertiary/aromatic N) is 1. The maximum Gasteiger partial charge on any atom is 0.290 e. The molecule has 1 aromatic carbocycles. The Morgan fingerprint density at radius 3 is 2.55 bits per heavy atom. The Morgan fingerprint density at radius 1 is 1.12 bits per heavy atom. The molecule has 1 amide bonds. The number of unbranched alkanes of at least 4 members (excludes halogenated alkanes) is 2. The largest absolute Gasteiger partial charge is 0.503 e. The van der Waals surface area contributed by atoms with Gasteiger partial charge in [-0.15, -0.1) is 0 Å². The fraction of sp³-hybridized carbons (Fsp3) is 0.308. The minimum absolute atomic E-state index is 0.0162. The molecule has 1 N–H and O–H groups in total. The van der Waals surface area contributed by atoms with E-state index in [-0.39, 0.29) is 17.9 Å². The number of rotatable bonds is 10. The molecule has 7 heteroatoms. The number of aliphatic hydroxyl groups is 1. The highest BCUT2D eigenvalue weighted by atomic mass is 16.5. The standard InChI is InChI=1S/C26H27NO6/c1-3-4-5-14-31-19-11-9-18(10-12-19)23-22(24(28)21-13-8-17(2)33-21)25(29)26(30)27(23)16-20-7-6-15-32-20/h6-13,15,23,29H,3-5,14,16H2,1-2H3. The van der Waals surface area contributed by atoms with Gasteiger partial charge in [0.05, 0.1) is 31.0 Å². The minimum atomic E-state index is -0.797. The predicted molar refractivity (Wildman–Crippen MR) is 121 cm³/mol. The Bertz CT molecular complexity index is 1140. The Morgan fingerprint density at radius 2 is 1.91 bits per heavy atom. The number of benzene rings is 1. The summed E-state index contributed by atoms with van der Waals surface area (Å²) in [5, 5.41) is 10.7. The van der Waals surface area contributed by atoms with Crippen molar-refractivity contribution >= 4 is 11.7 Å². The molecule has 3 heterocycles. The summed E-state index contributed by atoms with van der Waals surface area (Å²) in [5.74, 6) is 0.146. The monoisotopic (exact) mass is 449 g/mol. The van der Waals surface area contributed by atoms with Gasteiger partial charge >= 0.3 is 0 Å². The Kier molecular flexibility index (Phi) is 6.68. The summed E-state index contributed by atoms with van der Waals surface area (Å²) in [4.78, 5) is 27.7. The van der Waals surface area contributed by atoms with Crippen LogP contribution < -0.4 is 4.74 Å². The average molecular weight is 450 g/mol. The molecule has 33 heavy (non-hydrogen) atoms. The van der Waals surface area contributed by atoms with E-state index in [4.69, 9.17) is 13.6 Å². The first kappa shape index (κ1) is 22.5. The van der Waals surface area contributed by atoms with Crippen molar-refractivity contribution in [3.63, 3.8) is 0 Å². The van der Waals surface area contributed by atoms with E-state index in [1.807, 2.05) is 24.3 Å². The van der Waals surface area contributed by atoms with Gasteiger partial charge in [0.1, 0.15) is 17.3 Å². The van der Waals surface area contributed by atoms with E-state index in [0.29, 0.717) is 29.4 Å². The molecule has 1 aliphatic rings. The highest BCUT2D eigenvalue weighted by Gasteiger charge is 2.44. The smallest absolute Gasteiger partial charge is 0.290 e. The summed E-state index contributed by atoms with van der Waals surface area (Å²) < 4.78 is 16.7. The molecular formula is C26H27NO6. The molecule has 1 atom stereocenters. The number of furan rings is 2. The number of carbonyl (C=O) groups is 2. The van der Waals surface area contributed by atoms with Crippen LogP contribution in [-0.4, -0.2) is 28.3 Å². The van der Waals surface area contributed by atoms with Crippen LogP contribution in [0.15, 0.2) is 75.0 Å². The third-order valence-corrected chi connectivity index (χ3v) is 5.63. The lowest BCUT2D eigenvalue weighted by Gasteiger charge is -2.26. The van der Waals surface area contributed by atoms with E-state index < -0.39 is 23.5 Å². The number of amides is 1. The van der Waals surface area contributed by atoms with Crippen LogP contribution in [0.25, 0.3) is 0 Å². The van der Waals surface area contributed by atoms with Gasteiger partial charge in [0.25, 0.3) is 5.91 Å². The van der Waals surface area contributed by atoms with Crippen LogP contribution in [0, 0.1) is 6.92 Å². The molecule has 4 rings (SSSR count). The van der Waals surface area contributed by atoms with E-state index in [1.165, 1.54) is 11.2 Å². The van der Waals surface area contributed by atoms with Crippen LogP contribution in [0.4, 0.5) is 0 Å². The number of aryl methyl sites for hydroxylation is 1. The molecule has 0 saturated carbocycles. The number of hydrogen-bond acceptors (Lipinski definition) is 6. The van der Waals surface area contributed by atoms with E-state index in [1.54, 1.807) is 31.2 Å². The first-order valence-electron chi connectivity index (χ1n) is 11.1. The molecule has 0 fully saturated rings. The predicted octanol–water partition coefficient (Wildman–Crippen LogP) is 5.53. The fourth-order valence-corrected chi connectivity index (χ4v) is 3.94. The topological polar surface area (TPSA) is 93.1 Å². The van der Waals surface area contributed by atoms with Crippen molar-refractivity contribution in [2.75, 3.05) is 6.61 Å². The third kappa shape index (κ3) is 4.72. The second kappa shape index (κ2) is 9.81. The van der Waals surface area contributed by atoms with Gasteiger partial charge in [-0.2, -0.15) is 0 Å². The molecular weight excluding hydrogens is 422 g/mol. The quantitative estimate of drug-likeness (QED) is 0.323. The summed E-state index contributed by atoms with van der Waals surface area (Å²) in [5.41, 5.74) is 0.656. The van der Waals surface area contributed by atoms with Crippen LogP contribution in [-0.2, 0) is 11.3 Å². The third-order valence-electron chi connectivity index (χ3n) is 5.63. The van der Waals surface area contributed by atoms with Crippen molar-refractivity contribution in [1.29, 1.82) is 0 Å². The number of aliphatic hydroxyl groups excluding tert-OH is 1. The lowest BCUT2D eigenvalue weighted by Crippen LogP contribution is -2.30. The molecule has 7 nitrogen and oxygen atoms in total. The number of ketones is 1. The Balaban J connectivity index is 1.66. The molecule has 0 spiro atoms. The van der Waals surface area contributed by atoms with E-state index in [0.717, 1.165) is 19.3 Å². The number of hydrogen-bond donors (Lipinski definition) is 1. The zero-order valence-electron chi connectivity index (χ0n) is 18.7. The zero-order chi connectivity index (χ0) is 23.4. The molecule has 2 aromatic heterocycles. The Labute approximate surface area is 192 Å². The first-order chi connectivity index (χ1) is 16.0. The molecule has 0 aliphatic carbocycles. The molecule has 3 aromatic rings. The van der Waals surface area contributed by atoms with Gasteiger partial charge in [-0.1, -0.05) is 31.9 Å². The van der Waals surface area contributed by atoms with E-state index in [9.17, 15) is 14.7 Å². The van der Waals surface area contributed by atoms with Gasteiger partial charge < -0.3 is 23.6 Å². The molecule has 0 radical (unpaired) electrons. The van der Waals surface area contributed by atoms with Crippen molar-refractivity contribution in [2.45, 2.75) is 45.7 Å². The van der Waals surface area contributed by atoms with Crippen LogP contribution >= 0.6 is 0 Å². The fourth-order valence-electron chi connectivity index (χ4n) is 3.94. The lowest BCUT2D eigenvalue weighted by atomic mass is 9.95. The van der Waals surface area contributed by atoms with Gasteiger partial charge in [0, 0.05) is 0 Å². The highest BCUT2D eigenvalue weighted by Crippen LogP contribution is 2.40. The maximum absolute atomic E-state index is 13.3. The van der Waals surface area contributed by atoms with Crippen molar-refractivity contribution in [3.8, 4) is 5.75 Å². The molecule has 1 aliphatic heterocycles. The molecule has 1 unspecified atom stereocenters. The van der Waals surface area contributed by atoms with Crippen LogP contribution in [0.1, 0.15) is 59.9 Å². The second-order valence-electron chi connectivity index (χ2n) is 8.04. The second-order valence-corrected chi connectivity index (χ2v) is 8.04. The van der Waals surface area contributed by atoms with E-state index >= 15 is 0 Å². The highest BCUT2D eigenvalue weighted by molar-refractivity contribution is 6.15. The zero-order valence-corrected chi connectivity index (χ0v) is 18.7. The van der Waals surface area contributed by atoms with Crippen molar-refractivity contribution in [2.24, 2.45) is 0 Å². The summed E-state index contributed by atoms with van der Waals surface area (Å²) in [6.07, 6.45) is 4.71. The van der Waals surface area contributed by atoms with Crippen LogP contribution in [0.5, 0.6) is 5.75 Å². The van der Waals surface area contributed by atoms with Crippen LogP contribution in [0.2, 0.25) is 0 Å². The summed E-state index contributed by atoms with van der Waals surface area (Å²) >= 11 is 0. The number of ether oxygens (including phenoxy) is 1. The normalized spacial score (nSPS) is 16.0. The molecule has 0 saturated heterocycles. The molecule has 172 valence electrons. The van der Waals surface area contributed by atoms with E-state index in [2.05, 4.69) is 6.92 Å².